The summed E-state index contributed by atoms with van der Waals surface area (Å²) in [4.78, 5) is 11.3. The van der Waals surface area contributed by atoms with E-state index in [4.69, 9.17) is 4.42 Å². The average Bonchev–Trinajstić information content (AvgIpc) is 2.93. The number of benzene rings is 1. The van der Waals surface area contributed by atoms with Gasteiger partial charge in [-0.05, 0) is 19.1 Å². The summed E-state index contributed by atoms with van der Waals surface area (Å²) in [6.45, 7) is 2.13. The third kappa shape index (κ3) is 3.38. The molecule has 1 amide bonds. The lowest BCUT2D eigenvalue weighted by atomic mass is 10.2. The molecule has 0 bridgehead atoms. The highest BCUT2D eigenvalue weighted by atomic mass is 16.4. The molecule has 1 unspecified atom stereocenters. The molecule has 19 heavy (non-hydrogen) atoms. The molecular weight excluding hydrogens is 244 g/mol. The van der Waals surface area contributed by atoms with E-state index in [0.29, 0.717) is 18.3 Å². The number of likely N-dealkylation sites (N-methyl/N-ethyl adjacent to an activating group) is 1. The summed E-state index contributed by atoms with van der Waals surface area (Å²) in [5.74, 6) is 0.849. The molecule has 0 aliphatic rings. The number of amides is 1. The van der Waals surface area contributed by atoms with Crippen LogP contribution in [-0.4, -0.2) is 29.2 Å². The third-order valence-corrected chi connectivity index (χ3v) is 2.69. The van der Waals surface area contributed by atoms with E-state index in [0.717, 1.165) is 5.56 Å². The van der Waals surface area contributed by atoms with Crippen molar-refractivity contribution in [1.29, 1.82) is 0 Å². The van der Waals surface area contributed by atoms with Crippen molar-refractivity contribution in [3.8, 4) is 11.5 Å². The summed E-state index contributed by atoms with van der Waals surface area (Å²) >= 11 is 0. The van der Waals surface area contributed by atoms with Crippen LogP contribution in [0.15, 0.2) is 34.7 Å². The Morgan fingerprint density at radius 2 is 2.05 bits per heavy atom. The first-order valence-corrected chi connectivity index (χ1v) is 6.03. The quantitative estimate of drug-likeness (QED) is 0.837. The number of rotatable bonds is 5. The summed E-state index contributed by atoms with van der Waals surface area (Å²) in [7, 11) is 1.60. The number of carbonyl (C=O) groups is 1. The molecule has 0 saturated heterocycles. The van der Waals surface area contributed by atoms with Gasteiger partial charge in [0.1, 0.15) is 0 Å². The largest absolute Gasteiger partial charge is 0.419 e. The maximum absolute atomic E-state index is 11.3. The monoisotopic (exact) mass is 260 g/mol. The van der Waals surface area contributed by atoms with E-state index in [9.17, 15) is 4.79 Å². The zero-order chi connectivity index (χ0) is 13.7. The normalized spacial score (nSPS) is 12.1. The van der Waals surface area contributed by atoms with Crippen LogP contribution >= 0.6 is 0 Å². The zero-order valence-corrected chi connectivity index (χ0v) is 10.9. The molecule has 0 spiro atoms. The molecular formula is C13H16N4O2. The Morgan fingerprint density at radius 1 is 1.32 bits per heavy atom. The topological polar surface area (TPSA) is 80.0 Å². The maximum Gasteiger partial charge on any atom is 0.247 e. The van der Waals surface area contributed by atoms with Gasteiger partial charge < -0.3 is 9.73 Å². The molecule has 0 aliphatic heterocycles. The first-order valence-electron chi connectivity index (χ1n) is 6.03. The average molecular weight is 260 g/mol. The summed E-state index contributed by atoms with van der Waals surface area (Å²) in [6.07, 6.45) is 0. The van der Waals surface area contributed by atoms with E-state index in [2.05, 4.69) is 20.8 Å². The molecule has 0 saturated carbocycles. The Balaban J connectivity index is 1.97. The van der Waals surface area contributed by atoms with Gasteiger partial charge in [-0.15, -0.1) is 10.2 Å². The van der Waals surface area contributed by atoms with Crippen molar-refractivity contribution in [2.24, 2.45) is 0 Å². The van der Waals surface area contributed by atoms with Crippen molar-refractivity contribution in [3.05, 3.63) is 36.2 Å². The smallest absolute Gasteiger partial charge is 0.247 e. The molecule has 1 aromatic heterocycles. The van der Waals surface area contributed by atoms with Crippen LogP contribution in [0.4, 0.5) is 0 Å². The second-order valence-corrected chi connectivity index (χ2v) is 4.08. The Labute approximate surface area is 111 Å². The molecule has 1 heterocycles. The van der Waals surface area contributed by atoms with Gasteiger partial charge in [0.15, 0.2) is 0 Å². The fourth-order valence-electron chi connectivity index (χ4n) is 1.57. The van der Waals surface area contributed by atoms with E-state index in [1.165, 1.54) is 0 Å². The molecule has 0 aliphatic carbocycles. The zero-order valence-electron chi connectivity index (χ0n) is 10.9. The Hall–Kier alpha value is -2.21. The minimum Gasteiger partial charge on any atom is -0.419 e. The minimum atomic E-state index is -0.308. The fraction of sp³-hybridized carbons (Fsp3) is 0.308. The number of nitrogens with zero attached hydrogens (tertiary/aromatic N) is 2. The van der Waals surface area contributed by atoms with Crippen molar-refractivity contribution in [3.63, 3.8) is 0 Å². The highest BCUT2D eigenvalue weighted by molar-refractivity contribution is 5.80. The van der Waals surface area contributed by atoms with Crippen LogP contribution < -0.4 is 10.6 Å². The second kappa shape index (κ2) is 6.10. The summed E-state index contributed by atoms with van der Waals surface area (Å²) < 4.78 is 5.52. The molecule has 100 valence electrons. The van der Waals surface area contributed by atoms with Crippen LogP contribution in [0, 0.1) is 0 Å². The van der Waals surface area contributed by atoms with Crippen molar-refractivity contribution >= 4 is 5.91 Å². The first-order chi connectivity index (χ1) is 9.20. The number of nitrogens with one attached hydrogen (secondary N) is 2. The molecule has 0 fully saturated rings. The fourth-order valence-corrected chi connectivity index (χ4v) is 1.57. The van der Waals surface area contributed by atoms with E-state index >= 15 is 0 Å². The lowest BCUT2D eigenvalue weighted by Gasteiger charge is -2.09. The summed E-state index contributed by atoms with van der Waals surface area (Å²) in [6, 6.07) is 9.23. The lowest BCUT2D eigenvalue weighted by Crippen LogP contribution is -2.40. The SMILES string of the molecule is CNC(=O)C(C)NCc1nnc(-c2ccccc2)o1. The van der Waals surface area contributed by atoms with Crippen molar-refractivity contribution in [2.75, 3.05) is 7.05 Å². The number of carbonyl (C=O) groups excluding carboxylic acids is 1. The van der Waals surface area contributed by atoms with Gasteiger partial charge in [0.25, 0.3) is 0 Å². The van der Waals surface area contributed by atoms with E-state index in [-0.39, 0.29) is 11.9 Å². The van der Waals surface area contributed by atoms with E-state index in [1.807, 2.05) is 30.3 Å². The first kappa shape index (κ1) is 13.2. The standard InChI is InChI=1S/C13H16N4O2/c1-9(12(18)14-2)15-8-11-16-17-13(19-11)10-6-4-3-5-7-10/h3-7,9,15H,8H2,1-2H3,(H,14,18). The van der Waals surface area contributed by atoms with Crippen LogP contribution in [0.25, 0.3) is 11.5 Å². The summed E-state index contributed by atoms with van der Waals surface area (Å²) in [5.41, 5.74) is 0.876. The van der Waals surface area contributed by atoms with Crippen LogP contribution in [0.2, 0.25) is 0 Å². The van der Waals surface area contributed by atoms with Gasteiger partial charge in [-0.1, -0.05) is 18.2 Å². The van der Waals surface area contributed by atoms with Crippen molar-refractivity contribution < 1.29 is 9.21 Å². The minimum absolute atomic E-state index is 0.0807. The molecule has 1 atom stereocenters. The Bertz CT molecular complexity index is 539. The maximum atomic E-state index is 11.3. The van der Waals surface area contributed by atoms with Gasteiger partial charge in [-0.3, -0.25) is 10.1 Å². The summed E-state index contributed by atoms with van der Waals surface area (Å²) in [5, 5.41) is 13.5. The van der Waals surface area contributed by atoms with Gasteiger partial charge in [-0.2, -0.15) is 0 Å². The number of hydrogen-bond acceptors (Lipinski definition) is 5. The van der Waals surface area contributed by atoms with Gasteiger partial charge in [0.05, 0.1) is 12.6 Å². The molecule has 2 N–H and O–H groups in total. The van der Waals surface area contributed by atoms with Crippen LogP contribution in [0.5, 0.6) is 0 Å². The van der Waals surface area contributed by atoms with E-state index in [1.54, 1.807) is 14.0 Å². The lowest BCUT2D eigenvalue weighted by molar-refractivity contribution is -0.122. The highest BCUT2D eigenvalue weighted by Crippen LogP contribution is 2.16. The van der Waals surface area contributed by atoms with Crippen molar-refractivity contribution in [2.45, 2.75) is 19.5 Å². The van der Waals surface area contributed by atoms with E-state index < -0.39 is 0 Å². The predicted molar refractivity (Wildman–Crippen MR) is 70.1 cm³/mol. The Morgan fingerprint density at radius 3 is 2.74 bits per heavy atom. The van der Waals surface area contributed by atoms with Crippen LogP contribution in [0.1, 0.15) is 12.8 Å². The van der Waals surface area contributed by atoms with Gasteiger partial charge in [0.2, 0.25) is 17.7 Å². The van der Waals surface area contributed by atoms with Crippen molar-refractivity contribution in [1.82, 2.24) is 20.8 Å². The van der Waals surface area contributed by atoms with Gasteiger partial charge in [0, 0.05) is 12.6 Å². The van der Waals surface area contributed by atoms with Crippen LogP contribution in [-0.2, 0) is 11.3 Å². The third-order valence-electron chi connectivity index (χ3n) is 2.69. The molecule has 2 rings (SSSR count). The number of aromatic nitrogens is 2. The number of hydrogen-bond donors (Lipinski definition) is 2. The molecule has 1 aromatic carbocycles. The Kier molecular flexibility index (Phi) is 4.25. The van der Waals surface area contributed by atoms with Gasteiger partial charge >= 0.3 is 0 Å². The predicted octanol–water partition coefficient (Wildman–Crippen LogP) is 0.961. The van der Waals surface area contributed by atoms with Gasteiger partial charge in [-0.25, -0.2) is 0 Å². The molecule has 6 heteroatoms. The van der Waals surface area contributed by atoms with Crippen LogP contribution in [0.3, 0.4) is 0 Å². The molecule has 0 radical (unpaired) electrons. The molecule has 6 nitrogen and oxygen atoms in total. The second-order valence-electron chi connectivity index (χ2n) is 4.08. The highest BCUT2D eigenvalue weighted by Gasteiger charge is 2.12. The molecule has 2 aromatic rings.